The molecule has 0 aliphatic heterocycles. The summed E-state index contributed by atoms with van der Waals surface area (Å²) in [5, 5.41) is 0. The van der Waals surface area contributed by atoms with Crippen molar-refractivity contribution in [3.63, 3.8) is 0 Å². The number of nitrogen functional groups attached to an aromatic ring is 1. The first-order valence-corrected chi connectivity index (χ1v) is 5.83. The third-order valence-electron chi connectivity index (χ3n) is 2.81. The van der Waals surface area contributed by atoms with Crippen LogP contribution in [0.5, 0.6) is 11.5 Å². The molecule has 0 aliphatic carbocycles. The summed E-state index contributed by atoms with van der Waals surface area (Å²) in [7, 11) is 0. The van der Waals surface area contributed by atoms with Gasteiger partial charge in [-0.15, -0.1) is 0 Å². The molecule has 2 aromatic carbocycles. The number of aryl methyl sites for hydroxylation is 2. The highest BCUT2D eigenvalue weighted by Gasteiger charge is 2.07. The minimum Gasteiger partial charge on any atom is -0.455 e. The Morgan fingerprint density at radius 2 is 1.82 bits per heavy atom. The van der Waals surface area contributed by atoms with Gasteiger partial charge in [-0.2, -0.15) is 0 Å². The largest absolute Gasteiger partial charge is 0.455 e. The second-order valence-electron chi connectivity index (χ2n) is 4.06. The maximum absolute atomic E-state index is 5.94. The van der Waals surface area contributed by atoms with E-state index < -0.39 is 0 Å². The first kappa shape index (κ1) is 11.5. The quantitative estimate of drug-likeness (QED) is 0.806. The SMILES string of the molecule is CCc1ccccc1Oc1c(C)cccc1N. The van der Waals surface area contributed by atoms with Crippen LogP contribution in [0.25, 0.3) is 0 Å². The van der Waals surface area contributed by atoms with Gasteiger partial charge in [-0.25, -0.2) is 0 Å². The van der Waals surface area contributed by atoms with E-state index in [-0.39, 0.29) is 0 Å². The summed E-state index contributed by atoms with van der Waals surface area (Å²) in [6.07, 6.45) is 0.946. The molecule has 2 N–H and O–H groups in total. The Bertz CT molecular complexity index is 500. The number of hydrogen-bond acceptors (Lipinski definition) is 2. The maximum Gasteiger partial charge on any atom is 0.153 e. The number of anilines is 1. The highest BCUT2D eigenvalue weighted by atomic mass is 16.5. The molecule has 2 heteroatoms. The van der Waals surface area contributed by atoms with Crippen molar-refractivity contribution in [1.82, 2.24) is 0 Å². The van der Waals surface area contributed by atoms with Crippen molar-refractivity contribution in [2.24, 2.45) is 0 Å². The molecule has 2 nitrogen and oxygen atoms in total. The van der Waals surface area contributed by atoms with Crippen LogP contribution in [0.15, 0.2) is 42.5 Å². The molecule has 88 valence electrons. The third-order valence-corrected chi connectivity index (χ3v) is 2.81. The van der Waals surface area contributed by atoms with Crippen molar-refractivity contribution < 1.29 is 4.74 Å². The van der Waals surface area contributed by atoms with E-state index in [4.69, 9.17) is 10.5 Å². The van der Waals surface area contributed by atoms with E-state index in [1.54, 1.807) is 0 Å². The van der Waals surface area contributed by atoms with Gasteiger partial charge in [0, 0.05) is 0 Å². The second kappa shape index (κ2) is 4.91. The minimum atomic E-state index is 0.677. The Balaban J connectivity index is 2.38. The Morgan fingerprint density at radius 1 is 1.06 bits per heavy atom. The summed E-state index contributed by atoms with van der Waals surface area (Å²) in [4.78, 5) is 0. The lowest BCUT2D eigenvalue weighted by molar-refractivity contribution is 0.475. The number of hydrogen-bond donors (Lipinski definition) is 1. The van der Waals surface area contributed by atoms with Crippen LogP contribution in [0.2, 0.25) is 0 Å². The lowest BCUT2D eigenvalue weighted by atomic mass is 10.1. The van der Waals surface area contributed by atoms with Crippen LogP contribution in [0, 0.1) is 6.92 Å². The van der Waals surface area contributed by atoms with Crippen molar-refractivity contribution in [2.45, 2.75) is 20.3 Å². The topological polar surface area (TPSA) is 35.2 Å². The Morgan fingerprint density at radius 3 is 2.53 bits per heavy atom. The number of para-hydroxylation sites is 2. The van der Waals surface area contributed by atoms with Gasteiger partial charge in [0.25, 0.3) is 0 Å². The molecule has 0 spiro atoms. The molecule has 0 radical (unpaired) electrons. The maximum atomic E-state index is 5.94. The zero-order valence-electron chi connectivity index (χ0n) is 10.2. The van der Waals surface area contributed by atoms with Crippen LogP contribution in [-0.4, -0.2) is 0 Å². The van der Waals surface area contributed by atoms with Gasteiger partial charge < -0.3 is 10.5 Å². The third kappa shape index (κ3) is 2.41. The van der Waals surface area contributed by atoms with Crippen LogP contribution in [-0.2, 0) is 6.42 Å². The second-order valence-corrected chi connectivity index (χ2v) is 4.06. The highest BCUT2D eigenvalue weighted by Crippen LogP contribution is 2.32. The van der Waals surface area contributed by atoms with E-state index in [1.165, 1.54) is 5.56 Å². The van der Waals surface area contributed by atoms with Gasteiger partial charge in [0.05, 0.1) is 5.69 Å². The van der Waals surface area contributed by atoms with E-state index in [9.17, 15) is 0 Å². The molecule has 0 aromatic heterocycles. The van der Waals surface area contributed by atoms with Crippen LogP contribution >= 0.6 is 0 Å². The fourth-order valence-corrected chi connectivity index (χ4v) is 1.82. The molecule has 0 unspecified atom stereocenters. The molecule has 2 aromatic rings. The summed E-state index contributed by atoms with van der Waals surface area (Å²) in [6.45, 7) is 4.11. The summed E-state index contributed by atoms with van der Waals surface area (Å²) in [6, 6.07) is 13.8. The summed E-state index contributed by atoms with van der Waals surface area (Å²) < 4.78 is 5.94. The van der Waals surface area contributed by atoms with Crippen molar-refractivity contribution in [2.75, 3.05) is 5.73 Å². The average molecular weight is 227 g/mol. The molecule has 0 amide bonds. The lowest BCUT2D eigenvalue weighted by Gasteiger charge is -2.13. The van der Waals surface area contributed by atoms with E-state index in [0.29, 0.717) is 5.69 Å². The molecular weight excluding hydrogens is 210 g/mol. The van der Waals surface area contributed by atoms with E-state index in [2.05, 4.69) is 13.0 Å². The normalized spacial score (nSPS) is 10.2. The fourth-order valence-electron chi connectivity index (χ4n) is 1.82. The summed E-state index contributed by atoms with van der Waals surface area (Å²) in [5.41, 5.74) is 8.85. The van der Waals surface area contributed by atoms with Gasteiger partial charge in [0.1, 0.15) is 5.75 Å². The molecule has 0 fully saturated rings. The predicted molar refractivity (Wildman–Crippen MR) is 71.5 cm³/mol. The number of ether oxygens (including phenoxy) is 1. The molecule has 0 bridgehead atoms. The minimum absolute atomic E-state index is 0.677. The molecule has 2 rings (SSSR count). The zero-order chi connectivity index (χ0) is 12.3. The Kier molecular flexibility index (Phi) is 3.33. The summed E-state index contributed by atoms with van der Waals surface area (Å²) in [5.74, 6) is 1.64. The zero-order valence-corrected chi connectivity index (χ0v) is 10.2. The number of rotatable bonds is 3. The van der Waals surface area contributed by atoms with E-state index in [1.807, 2.05) is 43.3 Å². The fraction of sp³-hybridized carbons (Fsp3) is 0.200. The van der Waals surface area contributed by atoms with E-state index in [0.717, 1.165) is 23.5 Å². The first-order valence-electron chi connectivity index (χ1n) is 5.83. The Hall–Kier alpha value is -1.96. The monoisotopic (exact) mass is 227 g/mol. The van der Waals surface area contributed by atoms with Gasteiger partial charge in [-0.3, -0.25) is 0 Å². The van der Waals surface area contributed by atoms with Crippen LogP contribution < -0.4 is 10.5 Å². The molecule has 0 heterocycles. The van der Waals surface area contributed by atoms with Crippen molar-refractivity contribution in [3.05, 3.63) is 53.6 Å². The lowest BCUT2D eigenvalue weighted by Crippen LogP contribution is -1.96. The van der Waals surface area contributed by atoms with Crippen molar-refractivity contribution in [1.29, 1.82) is 0 Å². The summed E-state index contributed by atoms with van der Waals surface area (Å²) >= 11 is 0. The molecule has 0 aliphatic rings. The van der Waals surface area contributed by atoms with Gasteiger partial charge >= 0.3 is 0 Å². The first-order chi connectivity index (χ1) is 8.22. The van der Waals surface area contributed by atoms with E-state index >= 15 is 0 Å². The molecule has 0 atom stereocenters. The number of benzene rings is 2. The van der Waals surface area contributed by atoms with Gasteiger partial charge in [-0.1, -0.05) is 37.3 Å². The Labute approximate surface area is 102 Å². The molecule has 17 heavy (non-hydrogen) atoms. The molecule has 0 saturated carbocycles. The van der Waals surface area contributed by atoms with Crippen LogP contribution in [0.1, 0.15) is 18.1 Å². The molecular formula is C15H17NO. The number of nitrogens with two attached hydrogens (primary N) is 1. The molecule has 0 saturated heterocycles. The van der Waals surface area contributed by atoms with Gasteiger partial charge in [0.2, 0.25) is 0 Å². The van der Waals surface area contributed by atoms with Crippen molar-refractivity contribution >= 4 is 5.69 Å². The highest BCUT2D eigenvalue weighted by molar-refractivity contribution is 5.58. The van der Waals surface area contributed by atoms with Crippen molar-refractivity contribution in [3.8, 4) is 11.5 Å². The average Bonchev–Trinajstić information content (AvgIpc) is 2.34. The van der Waals surface area contributed by atoms with Gasteiger partial charge in [0.15, 0.2) is 5.75 Å². The predicted octanol–water partition coefficient (Wildman–Crippen LogP) is 3.93. The smallest absolute Gasteiger partial charge is 0.153 e. The van der Waals surface area contributed by atoms with Crippen LogP contribution in [0.4, 0.5) is 5.69 Å². The van der Waals surface area contributed by atoms with Gasteiger partial charge in [-0.05, 0) is 36.6 Å². The van der Waals surface area contributed by atoms with Crippen LogP contribution in [0.3, 0.4) is 0 Å². The standard InChI is InChI=1S/C15H17NO/c1-3-12-8-4-5-10-14(12)17-15-11(2)7-6-9-13(15)16/h4-10H,3,16H2,1-2H3.